The van der Waals surface area contributed by atoms with Crippen molar-refractivity contribution in [3.8, 4) is 0 Å². The van der Waals surface area contributed by atoms with Crippen molar-refractivity contribution in [3.63, 3.8) is 0 Å². The highest BCUT2D eigenvalue weighted by molar-refractivity contribution is 5.85. The number of hydrogen-bond acceptors (Lipinski definition) is 5. The molecule has 0 fully saturated rings. The lowest BCUT2D eigenvalue weighted by Gasteiger charge is -2.19. The van der Waals surface area contributed by atoms with Gasteiger partial charge in [-0.15, -0.1) is 0 Å². The fourth-order valence-corrected chi connectivity index (χ4v) is 2.69. The van der Waals surface area contributed by atoms with Gasteiger partial charge in [0, 0.05) is 25.7 Å². The Kier molecular flexibility index (Phi) is 10.1. The van der Waals surface area contributed by atoms with Crippen LogP contribution in [0.25, 0.3) is 0 Å². The Morgan fingerprint density at radius 2 is 1.88 bits per heavy atom. The molecule has 3 amide bonds. The van der Waals surface area contributed by atoms with Crippen LogP contribution >= 0.6 is 0 Å². The normalized spacial score (nSPS) is 11.4. The first-order valence-corrected chi connectivity index (χ1v) is 10.3. The maximum absolute atomic E-state index is 14.0. The van der Waals surface area contributed by atoms with Gasteiger partial charge in [-0.25, -0.2) is 14.0 Å². The molecule has 1 atom stereocenters. The number of benzene rings is 2. The molecule has 0 aliphatic carbocycles. The Bertz CT molecular complexity index is 941. The molecule has 0 radical (unpaired) electrons. The molecule has 0 spiro atoms. The van der Waals surface area contributed by atoms with Crippen molar-refractivity contribution in [2.45, 2.75) is 26.1 Å². The van der Waals surface area contributed by atoms with Crippen LogP contribution in [0.1, 0.15) is 16.7 Å². The average molecular weight is 461 g/mol. The highest BCUT2D eigenvalue weighted by Crippen LogP contribution is 2.09. The lowest BCUT2D eigenvalue weighted by atomic mass is 10.1. The van der Waals surface area contributed by atoms with E-state index in [0.717, 1.165) is 16.0 Å². The van der Waals surface area contributed by atoms with Gasteiger partial charge in [0.05, 0.1) is 13.2 Å². The third-order valence-electron chi connectivity index (χ3n) is 4.67. The Balaban J connectivity index is 1.93. The van der Waals surface area contributed by atoms with E-state index in [0.29, 0.717) is 5.56 Å². The van der Waals surface area contributed by atoms with Gasteiger partial charge in [0.25, 0.3) is 0 Å². The lowest BCUT2D eigenvalue weighted by molar-refractivity contribution is -0.124. The number of carbonyl (C=O) groups is 3. The summed E-state index contributed by atoms with van der Waals surface area (Å²) < 4.78 is 24.6. The molecule has 33 heavy (non-hydrogen) atoms. The van der Waals surface area contributed by atoms with Crippen LogP contribution in [0.3, 0.4) is 0 Å². The van der Waals surface area contributed by atoms with Gasteiger partial charge in [-0.3, -0.25) is 4.79 Å². The fraction of sp³-hybridized carbons (Fsp3) is 0.348. The Morgan fingerprint density at radius 1 is 1.15 bits per heavy atom. The van der Waals surface area contributed by atoms with Crippen molar-refractivity contribution in [1.29, 1.82) is 0 Å². The number of carboxylic acid groups (broad SMARTS) is 1. The van der Waals surface area contributed by atoms with E-state index in [1.54, 1.807) is 43.3 Å². The quantitative estimate of drug-likeness (QED) is 0.443. The molecule has 9 nitrogen and oxygen atoms in total. The van der Waals surface area contributed by atoms with Crippen molar-refractivity contribution in [1.82, 2.24) is 15.5 Å². The topological polar surface area (TPSA) is 117 Å². The number of nitrogens with one attached hydrogen (secondary N) is 2. The highest BCUT2D eigenvalue weighted by atomic mass is 19.1. The summed E-state index contributed by atoms with van der Waals surface area (Å²) in [5.74, 6) is -1.05. The number of halogens is 1. The van der Waals surface area contributed by atoms with Gasteiger partial charge in [0.15, 0.2) is 0 Å². The summed E-state index contributed by atoms with van der Waals surface area (Å²) in [7, 11) is 1.38. The maximum Gasteiger partial charge on any atom is 0.408 e. The first-order chi connectivity index (χ1) is 15.8. The molecule has 2 aromatic carbocycles. The molecule has 178 valence electrons. The standard InChI is InChI=1S/C23H28FN3O6/c1-16-8-9-18(19(24)12-16)13-25-21(28)20(15-32-11-10-27(2)23(30)31)26-22(29)33-14-17-6-4-3-5-7-17/h3-9,12,20H,10-11,13-15H2,1-2H3,(H,25,28)(H,26,29)(H,30,31)/t20-/m0/s1. The Morgan fingerprint density at radius 3 is 2.55 bits per heavy atom. The van der Waals surface area contributed by atoms with E-state index in [9.17, 15) is 18.8 Å². The maximum atomic E-state index is 14.0. The third-order valence-corrected chi connectivity index (χ3v) is 4.67. The molecule has 10 heteroatoms. The van der Waals surface area contributed by atoms with E-state index in [1.807, 2.05) is 6.07 Å². The minimum atomic E-state index is -1.13. The molecule has 0 saturated carbocycles. The lowest BCUT2D eigenvalue weighted by Crippen LogP contribution is -2.49. The molecule has 0 bridgehead atoms. The van der Waals surface area contributed by atoms with Gasteiger partial charge in [-0.1, -0.05) is 42.5 Å². The summed E-state index contributed by atoms with van der Waals surface area (Å²) in [6.45, 7) is 1.56. The fourth-order valence-electron chi connectivity index (χ4n) is 2.69. The van der Waals surface area contributed by atoms with Gasteiger partial charge < -0.3 is 30.1 Å². The van der Waals surface area contributed by atoms with Crippen molar-refractivity contribution in [2.24, 2.45) is 0 Å². The second-order valence-electron chi connectivity index (χ2n) is 7.35. The van der Waals surface area contributed by atoms with Crippen molar-refractivity contribution >= 4 is 18.1 Å². The van der Waals surface area contributed by atoms with Crippen LogP contribution in [0.15, 0.2) is 48.5 Å². The Labute approximate surface area is 191 Å². The van der Waals surface area contributed by atoms with E-state index in [2.05, 4.69) is 10.6 Å². The minimum Gasteiger partial charge on any atom is -0.465 e. The van der Waals surface area contributed by atoms with E-state index < -0.39 is 30.0 Å². The number of aryl methyl sites for hydroxylation is 1. The number of hydrogen-bond donors (Lipinski definition) is 3. The van der Waals surface area contributed by atoms with Crippen LogP contribution in [0.5, 0.6) is 0 Å². The van der Waals surface area contributed by atoms with E-state index >= 15 is 0 Å². The first-order valence-electron chi connectivity index (χ1n) is 10.3. The zero-order valence-corrected chi connectivity index (χ0v) is 18.5. The molecular formula is C23H28FN3O6. The van der Waals surface area contributed by atoms with Gasteiger partial charge in [-0.2, -0.15) is 0 Å². The summed E-state index contributed by atoms with van der Waals surface area (Å²) >= 11 is 0. The minimum absolute atomic E-state index is 0.0137. The monoisotopic (exact) mass is 461 g/mol. The zero-order chi connectivity index (χ0) is 24.2. The van der Waals surface area contributed by atoms with Crippen LogP contribution < -0.4 is 10.6 Å². The number of carbonyl (C=O) groups excluding carboxylic acids is 2. The molecule has 2 rings (SSSR count). The summed E-state index contributed by atoms with van der Waals surface area (Å²) in [5, 5.41) is 13.9. The number of nitrogens with zero attached hydrogens (tertiary/aromatic N) is 1. The number of amides is 3. The third kappa shape index (κ3) is 9.16. The number of rotatable bonds is 11. The zero-order valence-electron chi connectivity index (χ0n) is 18.5. The smallest absolute Gasteiger partial charge is 0.408 e. The number of ether oxygens (including phenoxy) is 2. The van der Waals surface area contributed by atoms with Crippen LogP contribution in [0, 0.1) is 12.7 Å². The molecule has 0 aliphatic rings. The number of alkyl carbamates (subject to hydrolysis) is 1. The average Bonchev–Trinajstić information content (AvgIpc) is 2.79. The first kappa shape index (κ1) is 25.6. The second kappa shape index (κ2) is 13.0. The summed E-state index contributed by atoms with van der Waals surface area (Å²) in [5.41, 5.74) is 1.82. The van der Waals surface area contributed by atoms with Gasteiger partial charge in [0.1, 0.15) is 18.5 Å². The molecule has 0 aromatic heterocycles. The number of likely N-dealkylation sites (N-methyl/N-ethyl adjacent to an activating group) is 1. The molecule has 0 unspecified atom stereocenters. The van der Waals surface area contributed by atoms with Crippen LogP contribution in [-0.4, -0.2) is 60.9 Å². The van der Waals surface area contributed by atoms with Crippen molar-refractivity contribution in [3.05, 3.63) is 71.0 Å². The Hall–Kier alpha value is -3.66. The predicted molar refractivity (Wildman–Crippen MR) is 118 cm³/mol. The highest BCUT2D eigenvalue weighted by Gasteiger charge is 2.22. The largest absolute Gasteiger partial charge is 0.465 e. The molecule has 2 aromatic rings. The molecule has 0 aliphatic heterocycles. The molecule has 0 saturated heterocycles. The molecule has 3 N–H and O–H groups in total. The van der Waals surface area contributed by atoms with E-state index in [1.165, 1.54) is 13.1 Å². The van der Waals surface area contributed by atoms with Crippen molar-refractivity contribution < 1.29 is 33.4 Å². The van der Waals surface area contributed by atoms with E-state index in [4.69, 9.17) is 14.6 Å². The van der Waals surface area contributed by atoms with Crippen molar-refractivity contribution in [2.75, 3.05) is 26.8 Å². The van der Waals surface area contributed by atoms with Gasteiger partial charge >= 0.3 is 12.2 Å². The molecular weight excluding hydrogens is 433 g/mol. The van der Waals surface area contributed by atoms with Crippen LogP contribution in [0.2, 0.25) is 0 Å². The van der Waals surface area contributed by atoms with Gasteiger partial charge in [0.2, 0.25) is 5.91 Å². The summed E-state index contributed by atoms with van der Waals surface area (Å²) in [6.07, 6.45) is -1.94. The second-order valence-corrected chi connectivity index (χ2v) is 7.35. The SMILES string of the molecule is Cc1ccc(CNC(=O)[C@H](COCCN(C)C(=O)O)NC(=O)OCc2ccccc2)c(F)c1. The predicted octanol–water partition coefficient (Wildman–Crippen LogP) is 2.67. The van der Waals surface area contributed by atoms with Crippen LogP contribution in [-0.2, 0) is 27.4 Å². The van der Waals surface area contributed by atoms with Crippen LogP contribution in [0.4, 0.5) is 14.0 Å². The van der Waals surface area contributed by atoms with E-state index in [-0.39, 0.29) is 32.9 Å². The summed E-state index contributed by atoms with van der Waals surface area (Å²) in [4.78, 5) is 36.7. The summed E-state index contributed by atoms with van der Waals surface area (Å²) in [6, 6.07) is 12.5. The molecule has 0 heterocycles. The van der Waals surface area contributed by atoms with Gasteiger partial charge in [-0.05, 0) is 24.1 Å².